The van der Waals surface area contributed by atoms with Crippen LogP contribution in [0.3, 0.4) is 0 Å². The van der Waals surface area contributed by atoms with Crippen LogP contribution >= 0.6 is 0 Å². The van der Waals surface area contributed by atoms with Crippen LogP contribution in [0.25, 0.3) is 0 Å². The van der Waals surface area contributed by atoms with E-state index in [4.69, 9.17) is 14.4 Å². The van der Waals surface area contributed by atoms with Crippen molar-refractivity contribution in [1.82, 2.24) is 0 Å². The molecule has 4 heteroatoms. The molecule has 0 aliphatic heterocycles. The zero-order valence-electron chi connectivity index (χ0n) is 8.22. The van der Waals surface area contributed by atoms with E-state index in [9.17, 15) is 0 Å². The largest absolute Gasteiger partial charge is 0.281 e. The van der Waals surface area contributed by atoms with Crippen LogP contribution in [-0.2, 0) is 33.9 Å². The topological polar surface area (TPSA) is 51.2 Å². The Morgan fingerprint density at radius 2 is 1.00 bits per heavy atom. The quantitative estimate of drug-likeness (QED) is 0.502. The van der Waals surface area contributed by atoms with Crippen LogP contribution < -0.4 is 0 Å². The average molecular weight is 293 g/mol. The minimum absolute atomic E-state index is 0. The zero-order valence-corrected chi connectivity index (χ0v) is 9.95. The summed E-state index contributed by atoms with van der Waals surface area (Å²) in [6.45, 7) is 13.5. The van der Waals surface area contributed by atoms with Crippen LogP contribution in [0.15, 0.2) is 24.3 Å². The van der Waals surface area contributed by atoms with Crippen molar-refractivity contribution < 1.29 is 33.9 Å². The fraction of sp³-hybridized carbons (Fsp3) is 0.364. The molecule has 82 valence electrons. The standard InChI is InChI=1S/C8H12.3CO.Ru/c1-2-4-6-8-7-5-3-1;3*1-2;/h1-2,5,7H,3-4,6,8H2;;;;/b2-1-,7-5-;;;;. The molecule has 15 heavy (non-hydrogen) atoms. The summed E-state index contributed by atoms with van der Waals surface area (Å²) >= 11 is 0. The number of carbonyl (C=O) groups excluding carboxylic acids is 3. The maximum Gasteiger partial charge on any atom is 0.281 e. The maximum atomic E-state index is 7.50. The van der Waals surface area contributed by atoms with E-state index < -0.39 is 0 Å². The summed E-state index contributed by atoms with van der Waals surface area (Å²) in [5, 5.41) is 0. The smallest absolute Gasteiger partial charge is 0.281 e. The van der Waals surface area contributed by atoms with Crippen LogP contribution in [0.2, 0.25) is 0 Å². The van der Waals surface area contributed by atoms with Crippen molar-refractivity contribution in [3.05, 3.63) is 24.3 Å². The van der Waals surface area contributed by atoms with E-state index in [-0.39, 0.29) is 19.5 Å². The van der Waals surface area contributed by atoms with Crippen molar-refractivity contribution >= 4 is 20.4 Å². The first-order chi connectivity index (χ1) is 7.00. The second-order valence-corrected chi connectivity index (χ2v) is 2.11. The molecule has 1 aliphatic carbocycles. The molecule has 0 heterocycles. The van der Waals surface area contributed by atoms with Gasteiger partial charge in [-0.15, -0.1) is 0 Å². The van der Waals surface area contributed by atoms with Crippen LogP contribution in [0.4, 0.5) is 0 Å². The second kappa shape index (κ2) is 38.0. The first kappa shape index (κ1) is 23.7. The first-order valence-corrected chi connectivity index (χ1v) is 3.91. The van der Waals surface area contributed by atoms with Gasteiger partial charge in [0.05, 0.1) is 0 Å². The molecule has 0 bridgehead atoms. The van der Waals surface area contributed by atoms with Gasteiger partial charge in [0.15, 0.2) is 0 Å². The number of allylic oxidation sites excluding steroid dienone is 4. The minimum atomic E-state index is 0. The summed E-state index contributed by atoms with van der Waals surface area (Å²) in [5.41, 5.74) is 0. The Morgan fingerprint density at radius 3 is 1.33 bits per heavy atom. The Morgan fingerprint density at radius 1 is 0.667 bits per heavy atom. The molecule has 0 spiro atoms. The molecule has 0 unspecified atom stereocenters. The van der Waals surface area contributed by atoms with Gasteiger partial charge < -0.3 is 0 Å². The van der Waals surface area contributed by atoms with E-state index in [0.29, 0.717) is 0 Å². The van der Waals surface area contributed by atoms with Crippen molar-refractivity contribution in [3.8, 4) is 0 Å². The molecule has 0 atom stereocenters. The van der Waals surface area contributed by atoms with Gasteiger partial charge in [-0.2, -0.15) is 0 Å². The number of hydrogen-bond acceptors (Lipinski definition) is 3. The summed E-state index contributed by atoms with van der Waals surface area (Å²) in [5.74, 6) is 0. The molecule has 1 rings (SSSR count). The molecule has 0 aromatic rings. The molecular formula is C11H12O3Ru. The van der Waals surface area contributed by atoms with Gasteiger partial charge in [-0.1, -0.05) is 24.3 Å². The monoisotopic (exact) mass is 294 g/mol. The fourth-order valence-corrected chi connectivity index (χ4v) is 0.860. The molecule has 0 amide bonds. The summed E-state index contributed by atoms with van der Waals surface area (Å²) in [6, 6.07) is 0. The molecule has 0 saturated heterocycles. The van der Waals surface area contributed by atoms with Crippen LogP contribution in [0, 0.1) is 0 Å². The zero-order chi connectivity index (χ0) is 11.7. The van der Waals surface area contributed by atoms with E-state index in [1.165, 1.54) is 19.3 Å². The van der Waals surface area contributed by atoms with Gasteiger partial charge in [-0.25, -0.2) is 0 Å². The van der Waals surface area contributed by atoms with E-state index in [2.05, 4.69) is 44.7 Å². The van der Waals surface area contributed by atoms with Crippen LogP contribution in [0.5, 0.6) is 0 Å². The SMILES string of the molecule is C1=C\CCC/C=C\C/1.[C]=O.[C]=O.[C]=O.[Ru]. The van der Waals surface area contributed by atoms with Crippen LogP contribution in [0.1, 0.15) is 25.7 Å². The molecule has 0 N–H and O–H groups in total. The molecular weight excluding hydrogens is 281 g/mol. The molecule has 1 aliphatic rings. The molecule has 0 saturated carbocycles. The van der Waals surface area contributed by atoms with Gasteiger partial charge in [-0.05, 0) is 25.7 Å². The first-order valence-electron chi connectivity index (χ1n) is 3.91. The average Bonchev–Trinajstić information content (AvgIpc) is 2.26. The van der Waals surface area contributed by atoms with E-state index in [1.54, 1.807) is 0 Å². The second-order valence-electron chi connectivity index (χ2n) is 2.11. The van der Waals surface area contributed by atoms with Gasteiger partial charge >= 0.3 is 0 Å². The molecule has 0 aromatic heterocycles. The number of hydrogen-bond donors (Lipinski definition) is 0. The molecule has 0 fully saturated rings. The van der Waals surface area contributed by atoms with Gasteiger partial charge in [0, 0.05) is 19.5 Å². The number of rotatable bonds is 0. The molecule has 6 radical (unpaired) electrons. The van der Waals surface area contributed by atoms with Gasteiger partial charge in [0.25, 0.3) is 20.4 Å². The fourth-order valence-electron chi connectivity index (χ4n) is 0.860. The predicted octanol–water partition coefficient (Wildman–Crippen LogP) is 1.48. The Balaban J connectivity index is -0.0000000755. The Bertz CT molecular complexity index is 130. The van der Waals surface area contributed by atoms with Crippen molar-refractivity contribution in [2.75, 3.05) is 0 Å². The maximum absolute atomic E-state index is 7.50. The normalized spacial score (nSPS) is 15.7. The van der Waals surface area contributed by atoms with Crippen LogP contribution in [-0.4, -0.2) is 20.4 Å². The third kappa shape index (κ3) is 32.0. The summed E-state index contributed by atoms with van der Waals surface area (Å²) in [4.78, 5) is 22.5. The van der Waals surface area contributed by atoms with E-state index in [1.807, 2.05) is 0 Å². The summed E-state index contributed by atoms with van der Waals surface area (Å²) < 4.78 is 0. The summed E-state index contributed by atoms with van der Waals surface area (Å²) in [6.07, 6.45) is 14.0. The van der Waals surface area contributed by atoms with Gasteiger partial charge in [0.1, 0.15) is 0 Å². The van der Waals surface area contributed by atoms with Crippen molar-refractivity contribution in [2.45, 2.75) is 25.7 Å². The molecule has 3 nitrogen and oxygen atoms in total. The third-order valence-electron chi connectivity index (χ3n) is 1.35. The van der Waals surface area contributed by atoms with Crippen molar-refractivity contribution in [2.24, 2.45) is 0 Å². The van der Waals surface area contributed by atoms with Gasteiger partial charge in [-0.3, -0.25) is 14.4 Å². The molecule has 0 aromatic carbocycles. The third-order valence-corrected chi connectivity index (χ3v) is 1.35. The predicted molar refractivity (Wildman–Crippen MR) is 53.8 cm³/mol. The van der Waals surface area contributed by atoms with Crippen molar-refractivity contribution in [3.63, 3.8) is 0 Å². The Kier molecular flexibility index (Phi) is 60.2. The van der Waals surface area contributed by atoms with E-state index in [0.717, 1.165) is 6.42 Å². The van der Waals surface area contributed by atoms with Crippen molar-refractivity contribution in [1.29, 1.82) is 0 Å². The Labute approximate surface area is 104 Å². The Hall–Kier alpha value is -0.887. The van der Waals surface area contributed by atoms with E-state index >= 15 is 0 Å². The minimum Gasteiger partial charge on any atom is -0.281 e. The summed E-state index contributed by atoms with van der Waals surface area (Å²) in [7, 11) is 0. The van der Waals surface area contributed by atoms with Gasteiger partial charge in [0.2, 0.25) is 0 Å².